The number of nitrogens with zero attached hydrogens (tertiary/aromatic N) is 1. The molecule has 5 nitrogen and oxygen atoms in total. The lowest BCUT2D eigenvalue weighted by Crippen LogP contribution is -2.39. The summed E-state index contributed by atoms with van der Waals surface area (Å²) in [4.78, 5) is 24.8. The van der Waals surface area contributed by atoms with Crippen LogP contribution in [0.2, 0.25) is 0 Å². The van der Waals surface area contributed by atoms with Crippen LogP contribution in [-0.4, -0.2) is 43.4 Å². The second-order valence-electron chi connectivity index (χ2n) is 5.40. The third kappa shape index (κ3) is 10.5. The number of carbonyl (C=O) groups excluding carboxylic acids is 2. The first-order valence-corrected chi connectivity index (χ1v) is 7.18. The average Bonchev–Trinajstić information content (AvgIpc) is 2.35. The molecule has 0 aliphatic carbocycles. The molecule has 0 aliphatic heterocycles. The molecule has 0 saturated carbocycles. The first kappa shape index (κ1) is 17.9. The molecule has 0 heterocycles. The fraction of sp³-hybridized carbons (Fsp3) is 0.857. The van der Waals surface area contributed by atoms with Crippen LogP contribution in [0.1, 0.15) is 46.0 Å². The van der Waals surface area contributed by atoms with Crippen molar-refractivity contribution in [2.45, 2.75) is 46.0 Å². The summed E-state index contributed by atoms with van der Waals surface area (Å²) < 4.78 is 0. The van der Waals surface area contributed by atoms with Gasteiger partial charge in [0, 0.05) is 20.0 Å². The van der Waals surface area contributed by atoms with Gasteiger partial charge < -0.3 is 16.0 Å². The number of likely N-dealkylation sites (N-methyl/N-ethyl adjacent to an activating group) is 1. The van der Waals surface area contributed by atoms with Gasteiger partial charge in [0.1, 0.15) is 0 Å². The van der Waals surface area contributed by atoms with E-state index in [1.807, 2.05) is 13.8 Å². The number of nitrogens with one attached hydrogen (secondary N) is 1. The lowest BCUT2D eigenvalue weighted by atomic mass is 10.1. The summed E-state index contributed by atoms with van der Waals surface area (Å²) in [6.45, 7) is 5.59. The van der Waals surface area contributed by atoms with Crippen molar-refractivity contribution in [3.63, 3.8) is 0 Å². The highest BCUT2D eigenvalue weighted by atomic mass is 16.2. The third-order valence-electron chi connectivity index (χ3n) is 2.86. The van der Waals surface area contributed by atoms with Gasteiger partial charge in [0.2, 0.25) is 11.8 Å². The molecule has 0 atom stereocenters. The summed E-state index contributed by atoms with van der Waals surface area (Å²) in [6.07, 6.45) is 4.50. The maximum absolute atomic E-state index is 11.8. The molecule has 112 valence electrons. The van der Waals surface area contributed by atoms with E-state index in [-0.39, 0.29) is 18.4 Å². The number of hydrogen-bond donors (Lipinski definition) is 2. The van der Waals surface area contributed by atoms with Gasteiger partial charge in [-0.3, -0.25) is 9.59 Å². The molecule has 2 amide bonds. The Bertz CT molecular complexity index is 267. The second-order valence-corrected chi connectivity index (χ2v) is 5.40. The Kier molecular flexibility index (Phi) is 10.2. The maximum atomic E-state index is 11.8. The summed E-state index contributed by atoms with van der Waals surface area (Å²) >= 11 is 0. The van der Waals surface area contributed by atoms with Crippen LogP contribution in [0.15, 0.2) is 0 Å². The quantitative estimate of drug-likeness (QED) is 0.585. The van der Waals surface area contributed by atoms with Crippen LogP contribution >= 0.6 is 0 Å². The van der Waals surface area contributed by atoms with Crippen molar-refractivity contribution in [3.8, 4) is 0 Å². The average molecular weight is 271 g/mol. The van der Waals surface area contributed by atoms with E-state index in [1.54, 1.807) is 7.05 Å². The van der Waals surface area contributed by atoms with Gasteiger partial charge in [-0.2, -0.15) is 0 Å². The van der Waals surface area contributed by atoms with Crippen molar-refractivity contribution in [2.75, 3.05) is 26.7 Å². The summed E-state index contributed by atoms with van der Waals surface area (Å²) in [5.41, 5.74) is 5.40. The topological polar surface area (TPSA) is 75.4 Å². The Morgan fingerprint density at radius 1 is 1.16 bits per heavy atom. The Hall–Kier alpha value is -1.10. The third-order valence-corrected chi connectivity index (χ3v) is 2.86. The highest BCUT2D eigenvalue weighted by Gasteiger charge is 2.12. The van der Waals surface area contributed by atoms with Crippen LogP contribution in [-0.2, 0) is 9.59 Å². The van der Waals surface area contributed by atoms with E-state index < -0.39 is 0 Å². The molecule has 0 unspecified atom stereocenters. The number of hydrogen-bond acceptors (Lipinski definition) is 3. The van der Waals surface area contributed by atoms with Crippen molar-refractivity contribution >= 4 is 11.8 Å². The SMILES string of the molecule is CC(C)CNC(=O)CN(C)C(=O)CCCCCCN. The van der Waals surface area contributed by atoms with E-state index in [9.17, 15) is 9.59 Å². The Morgan fingerprint density at radius 3 is 2.37 bits per heavy atom. The van der Waals surface area contributed by atoms with Gasteiger partial charge in [-0.05, 0) is 25.3 Å². The Labute approximate surface area is 116 Å². The van der Waals surface area contributed by atoms with Gasteiger partial charge in [0.05, 0.1) is 6.54 Å². The molecular formula is C14H29N3O2. The minimum absolute atomic E-state index is 0.0347. The van der Waals surface area contributed by atoms with E-state index >= 15 is 0 Å². The number of nitrogens with two attached hydrogens (primary N) is 1. The van der Waals surface area contributed by atoms with Gasteiger partial charge in [-0.25, -0.2) is 0 Å². The molecule has 0 rings (SSSR count). The van der Waals surface area contributed by atoms with Crippen LogP contribution in [0.25, 0.3) is 0 Å². The monoisotopic (exact) mass is 271 g/mol. The van der Waals surface area contributed by atoms with Crippen LogP contribution in [0.5, 0.6) is 0 Å². The van der Waals surface area contributed by atoms with E-state index in [0.717, 1.165) is 25.7 Å². The standard InChI is InChI=1S/C14H29N3O2/c1-12(2)10-16-13(18)11-17(3)14(19)8-6-4-5-7-9-15/h12H,4-11,15H2,1-3H3,(H,16,18). The fourth-order valence-electron chi connectivity index (χ4n) is 1.64. The van der Waals surface area contributed by atoms with Gasteiger partial charge in [0.25, 0.3) is 0 Å². The minimum Gasteiger partial charge on any atom is -0.354 e. The number of carbonyl (C=O) groups is 2. The van der Waals surface area contributed by atoms with Crippen LogP contribution < -0.4 is 11.1 Å². The Morgan fingerprint density at radius 2 is 1.79 bits per heavy atom. The molecular weight excluding hydrogens is 242 g/mol. The summed E-state index contributed by atoms with van der Waals surface area (Å²) in [5.74, 6) is 0.368. The molecule has 0 aromatic rings. The van der Waals surface area contributed by atoms with Crippen molar-refractivity contribution in [1.29, 1.82) is 0 Å². The molecule has 0 aromatic carbocycles. The normalized spacial score (nSPS) is 10.6. The lowest BCUT2D eigenvalue weighted by molar-refractivity contribution is -0.134. The molecule has 3 N–H and O–H groups in total. The van der Waals surface area contributed by atoms with Crippen molar-refractivity contribution in [2.24, 2.45) is 11.7 Å². The molecule has 19 heavy (non-hydrogen) atoms. The zero-order valence-electron chi connectivity index (χ0n) is 12.6. The van der Waals surface area contributed by atoms with Gasteiger partial charge in [0.15, 0.2) is 0 Å². The van der Waals surface area contributed by atoms with Crippen molar-refractivity contribution in [1.82, 2.24) is 10.2 Å². The molecule has 0 saturated heterocycles. The minimum atomic E-state index is -0.0901. The van der Waals surface area contributed by atoms with Gasteiger partial charge in [-0.15, -0.1) is 0 Å². The predicted molar refractivity (Wildman–Crippen MR) is 77.6 cm³/mol. The fourth-order valence-corrected chi connectivity index (χ4v) is 1.64. The molecule has 0 spiro atoms. The first-order valence-electron chi connectivity index (χ1n) is 7.18. The second kappa shape index (κ2) is 10.8. The molecule has 5 heteroatoms. The molecule has 0 bridgehead atoms. The summed E-state index contributed by atoms with van der Waals surface area (Å²) in [6, 6.07) is 0. The number of unbranched alkanes of at least 4 members (excludes halogenated alkanes) is 3. The predicted octanol–water partition coefficient (Wildman–Crippen LogP) is 1.13. The van der Waals surface area contributed by atoms with Crippen LogP contribution in [0, 0.1) is 5.92 Å². The Balaban J connectivity index is 3.71. The summed E-state index contributed by atoms with van der Waals surface area (Å²) in [7, 11) is 1.68. The highest BCUT2D eigenvalue weighted by molar-refractivity contribution is 5.84. The zero-order valence-corrected chi connectivity index (χ0v) is 12.6. The van der Waals surface area contributed by atoms with Crippen molar-refractivity contribution < 1.29 is 9.59 Å². The van der Waals surface area contributed by atoms with Gasteiger partial charge >= 0.3 is 0 Å². The van der Waals surface area contributed by atoms with Crippen molar-refractivity contribution in [3.05, 3.63) is 0 Å². The molecule has 0 aliphatic rings. The smallest absolute Gasteiger partial charge is 0.239 e. The van der Waals surface area contributed by atoms with E-state index in [4.69, 9.17) is 5.73 Å². The maximum Gasteiger partial charge on any atom is 0.239 e. The van der Waals surface area contributed by atoms with Crippen LogP contribution in [0.4, 0.5) is 0 Å². The molecule has 0 fully saturated rings. The number of amides is 2. The summed E-state index contributed by atoms with van der Waals surface area (Å²) in [5, 5.41) is 2.81. The van der Waals surface area contributed by atoms with Crippen LogP contribution in [0.3, 0.4) is 0 Å². The van der Waals surface area contributed by atoms with Gasteiger partial charge in [-0.1, -0.05) is 26.7 Å². The highest BCUT2D eigenvalue weighted by Crippen LogP contribution is 2.04. The largest absolute Gasteiger partial charge is 0.354 e. The van der Waals surface area contributed by atoms with E-state index in [2.05, 4.69) is 5.32 Å². The van der Waals surface area contributed by atoms with E-state index in [0.29, 0.717) is 25.4 Å². The number of rotatable bonds is 10. The molecule has 0 radical (unpaired) electrons. The molecule has 0 aromatic heterocycles. The lowest BCUT2D eigenvalue weighted by Gasteiger charge is -2.17. The first-order chi connectivity index (χ1) is 8.97. The zero-order chi connectivity index (χ0) is 14.7. The van der Waals surface area contributed by atoms with E-state index in [1.165, 1.54) is 4.90 Å².